The summed E-state index contributed by atoms with van der Waals surface area (Å²) in [6, 6.07) is 14.8. The first-order chi connectivity index (χ1) is 13.0. The predicted octanol–water partition coefficient (Wildman–Crippen LogP) is 2.98. The Bertz CT molecular complexity index is 1070. The molecule has 0 aliphatic carbocycles. The fourth-order valence-corrected chi connectivity index (χ4v) is 3.27. The first kappa shape index (κ1) is 18.6. The monoisotopic (exact) mass is 365 g/mol. The van der Waals surface area contributed by atoms with Gasteiger partial charge in [-0.25, -0.2) is 0 Å². The molecule has 6 nitrogen and oxygen atoms in total. The van der Waals surface area contributed by atoms with Gasteiger partial charge in [-0.1, -0.05) is 43.7 Å². The Hall–Kier alpha value is -3.15. The number of aromatic nitrogens is 2. The standard InChI is InChI=1S/C21H23N3O3/c1-3-8-16(14-9-6-5-7-10-14)22-19(25)15-11-12-18-17(13-15)23-20(26)21(27)24(18)4-2/h5-7,9-13,16H,3-4,8H2,1-2H3,(H,22,25)(H,23,26)/t16-/m1/s1. The molecule has 0 fully saturated rings. The van der Waals surface area contributed by atoms with Crippen molar-refractivity contribution >= 4 is 16.9 Å². The molecule has 0 radical (unpaired) electrons. The number of nitrogens with one attached hydrogen (secondary N) is 2. The molecule has 6 heteroatoms. The lowest BCUT2D eigenvalue weighted by Gasteiger charge is -2.19. The van der Waals surface area contributed by atoms with Crippen LogP contribution in [0.5, 0.6) is 0 Å². The smallest absolute Gasteiger partial charge is 0.316 e. The fraction of sp³-hybridized carbons (Fsp3) is 0.286. The number of H-pyrrole nitrogens is 1. The first-order valence-corrected chi connectivity index (χ1v) is 9.17. The zero-order valence-electron chi connectivity index (χ0n) is 15.5. The highest BCUT2D eigenvalue weighted by Crippen LogP contribution is 2.19. The van der Waals surface area contributed by atoms with Crippen LogP contribution in [0.25, 0.3) is 11.0 Å². The van der Waals surface area contributed by atoms with Crippen LogP contribution >= 0.6 is 0 Å². The van der Waals surface area contributed by atoms with Crippen molar-refractivity contribution < 1.29 is 4.79 Å². The molecule has 0 saturated heterocycles. The maximum atomic E-state index is 12.8. The summed E-state index contributed by atoms with van der Waals surface area (Å²) >= 11 is 0. The highest BCUT2D eigenvalue weighted by molar-refractivity contribution is 5.97. The van der Waals surface area contributed by atoms with E-state index in [4.69, 9.17) is 0 Å². The van der Waals surface area contributed by atoms with Gasteiger partial charge in [0.15, 0.2) is 0 Å². The zero-order valence-corrected chi connectivity index (χ0v) is 15.5. The van der Waals surface area contributed by atoms with Crippen LogP contribution in [-0.2, 0) is 6.54 Å². The third-order valence-corrected chi connectivity index (χ3v) is 4.64. The van der Waals surface area contributed by atoms with Gasteiger partial charge in [0.2, 0.25) is 0 Å². The van der Waals surface area contributed by atoms with Gasteiger partial charge < -0.3 is 14.9 Å². The first-order valence-electron chi connectivity index (χ1n) is 9.17. The van der Waals surface area contributed by atoms with E-state index in [1.54, 1.807) is 25.1 Å². The van der Waals surface area contributed by atoms with Crippen LogP contribution < -0.4 is 16.4 Å². The Balaban J connectivity index is 1.94. The van der Waals surface area contributed by atoms with Crippen molar-refractivity contribution in [2.45, 2.75) is 39.3 Å². The Labute approximate surface area is 156 Å². The molecule has 1 atom stereocenters. The van der Waals surface area contributed by atoms with E-state index in [-0.39, 0.29) is 11.9 Å². The van der Waals surface area contributed by atoms with Crippen LogP contribution in [0.2, 0.25) is 0 Å². The summed E-state index contributed by atoms with van der Waals surface area (Å²) in [5, 5.41) is 3.07. The van der Waals surface area contributed by atoms with Crippen molar-refractivity contribution in [1.82, 2.24) is 14.9 Å². The number of carbonyl (C=O) groups is 1. The third kappa shape index (κ3) is 3.84. The molecule has 0 aliphatic heterocycles. The highest BCUT2D eigenvalue weighted by Gasteiger charge is 2.16. The Kier molecular flexibility index (Phi) is 5.54. The summed E-state index contributed by atoms with van der Waals surface area (Å²) in [6.07, 6.45) is 1.77. The van der Waals surface area contributed by atoms with E-state index in [2.05, 4.69) is 17.2 Å². The van der Waals surface area contributed by atoms with Crippen LogP contribution in [-0.4, -0.2) is 15.5 Å². The van der Waals surface area contributed by atoms with Gasteiger partial charge in [0.25, 0.3) is 5.91 Å². The Morgan fingerprint density at radius 3 is 2.52 bits per heavy atom. The molecular weight excluding hydrogens is 342 g/mol. The molecule has 0 spiro atoms. The van der Waals surface area contributed by atoms with Crippen molar-refractivity contribution in [3.63, 3.8) is 0 Å². The number of hydrogen-bond acceptors (Lipinski definition) is 3. The number of rotatable bonds is 6. The molecule has 2 N–H and O–H groups in total. The zero-order chi connectivity index (χ0) is 19.4. The summed E-state index contributed by atoms with van der Waals surface area (Å²) in [5.41, 5.74) is 1.30. The average molecular weight is 365 g/mol. The Morgan fingerprint density at radius 2 is 1.85 bits per heavy atom. The number of fused-ring (bicyclic) bond motifs is 1. The molecule has 0 bridgehead atoms. The van der Waals surface area contributed by atoms with E-state index in [1.807, 2.05) is 30.3 Å². The number of hydrogen-bond donors (Lipinski definition) is 2. The molecule has 3 rings (SSSR count). The van der Waals surface area contributed by atoms with Crippen LogP contribution in [0.4, 0.5) is 0 Å². The molecule has 1 heterocycles. The van der Waals surface area contributed by atoms with Crippen LogP contribution in [0, 0.1) is 0 Å². The largest absolute Gasteiger partial charge is 0.345 e. The lowest BCUT2D eigenvalue weighted by atomic mass is 10.0. The van der Waals surface area contributed by atoms with E-state index in [1.165, 1.54) is 4.57 Å². The average Bonchev–Trinajstić information content (AvgIpc) is 2.69. The second kappa shape index (κ2) is 8.03. The highest BCUT2D eigenvalue weighted by atomic mass is 16.2. The predicted molar refractivity (Wildman–Crippen MR) is 106 cm³/mol. The van der Waals surface area contributed by atoms with Gasteiger partial charge >= 0.3 is 11.1 Å². The summed E-state index contributed by atoms with van der Waals surface area (Å²) in [4.78, 5) is 39.1. The lowest BCUT2D eigenvalue weighted by Crippen LogP contribution is -2.36. The molecule has 140 valence electrons. The number of amides is 1. The number of nitrogens with zero attached hydrogens (tertiary/aromatic N) is 1. The van der Waals surface area contributed by atoms with E-state index < -0.39 is 11.1 Å². The molecule has 27 heavy (non-hydrogen) atoms. The summed E-state index contributed by atoms with van der Waals surface area (Å²) in [7, 11) is 0. The fourth-order valence-electron chi connectivity index (χ4n) is 3.27. The Morgan fingerprint density at radius 1 is 1.11 bits per heavy atom. The lowest BCUT2D eigenvalue weighted by molar-refractivity contribution is 0.0934. The van der Waals surface area contributed by atoms with Crippen LogP contribution in [0.3, 0.4) is 0 Å². The molecule has 3 aromatic rings. The van der Waals surface area contributed by atoms with E-state index in [9.17, 15) is 14.4 Å². The minimum atomic E-state index is -0.685. The van der Waals surface area contributed by atoms with Gasteiger partial charge in [-0.15, -0.1) is 0 Å². The second-order valence-electron chi connectivity index (χ2n) is 6.46. The van der Waals surface area contributed by atoms with Crippen molar-refractivity contribution in [2.24, 2.45) is 0 Å². The second-order valence-corrected chi connectivity index (χ2v) is 6.46. The van der Waals surface area contributed by atoms with Gasteiger partial charge in [0.05, 0.1) is 17.1 Å². The van der Waals surface area contributed by atoms with Gasteiger partial charge in [-0.05, 0) is 37.1 Å². The number of aryl methyl sites for hydroxylation is 1. The van der Waals surface area contributed by atoms with Crippen LogP contribution in [0.1, 0.15) is 48.7 Å². The van der Waals surface area contributed by atoms with E-state index >= 15 is 0 Å². The quantitative estimate of drug-likeness (QED) is 0.659. The normalized spacial score (nSPS) is 12.1. The van der Waals surface area contributed by atoms with Crippen molar-refractivity contribution in [3.8, 4) is 0 Å². The molecule has 2 aromatic carbocycles. The summed E-state index contributed by atoms with van der Waals surface area (Å²) in [5.74, 6) is -0.214. The van der Waals surface area contributed by atoms with Gasteiger partial charge in [-0.2, -0.15) is 0 Å². The molecule has 0 aliphatic rings. The van der Waals surface area contributed by atoms with E-state index in [0.29, 0.717) is 23.1 Å². The topological polar surface area (TPSA) is 84.0 Å². The van der Waals surface area contributed by atoms with Crippen LogP contribution in [0.15, 0.2) is 58.1 Å². The van der Waals surface area contributed by atoms with Crippen molar-refractivity contribution in [1.29, 1.82) is 0 Å². The van der Waals surface area contributed by atoms with Crippen molar-refractivity contribution in [2.75, 3.05) is 0 Å². The molecule has 0 saturated carbocycles. The number of carbonyl (C=O) groups excluding carboxylic acids is 1. The third-order valence-electron chi connectivity index (χ3n) is 4.64. The van der Waals surface area contributed by atoms with Crippen molar-refractivity contribution in [3.05, 3.63) is 80.4 Å². The van der Waals surface area contributed by atoms with Gasteiger partial charge in [-0.3, -0.25) is 14.4 Å². The molecule has 0 unspecified atom stereocenters. The minimum absolute atomic E-state index is 0.0805. The molecule has 1 aromatic heterocycles. The van der Waals surface area contributed by atoms with Gasteiger partial charge in [0, 0.05) is 12.1 Å². The van der Waals surface area contributed by atoms with Gasteiger partial charge in [0.1, 0.15) is 0 Å². The molecule has 1 amide bonds. The summed E-state index contributed by atoms with van der Waals surface area (Å²) < 4.78 is 1.40. The summed E-state index contributed by atoms with van der Waals surface area (Å²) in [6.45, 7) is 4.26. The SMILES string of the molecule is CCC[C@@H](NC(=O)c1ccc2c(c1)[nH]c(=O)c(=O)n2CC)c1ccccc1. The maximum absolute atomic E-state index is 12.8. The molecular formula is C21H23N3O3. The number of aromatic amines is 1. The minimum Gasteiger partial charge on any atom is -0.345 e. The van der Waals surface area contributed by atoms with E-state index in [0.717, 1.165) is 18.4 Å². The number of benzene rings is 2. The maximum Gasteiger partial charge on any atom is 0.316 e.